The van der Waals surface area contributed by atoms with Crippen molar-refractivity contribution in [3.63, 3.8) is 0 Å². The third-order valence-electron chi connectivity index (χ3n) is 3.06. The Bertz CT molecular complexity index is 464. The predicted octanol–water partition coefficient (Wildman–Crippen LogP) is 3.17. The number of hydrogen-bond donors (Lipinski definition) is 2. The zero-order valence-corrected chi connectivity index (χ0v) is 11.3. The van der Waals surface area contributed by atoms with Crippen molar-refractivity contribution in [1.29, 1.82) is 0 Å². The van der Waals surface area contributed by atoms with E-state index in [1.807, 2.05) is 6.92 Å². The van der Waals surface area contributed by atoms with Gasteiger partial charge in [0.15, 0.2) is 0 Å². The van der Waals surface area contributed by atoms with Gasteiger partial charge in [-0.2, -0.15) is 0 Å². The SMILES string of the molecule is CC(NC(=O)Nc1ccc(Cl)cc1F)C1CCCO1. The molecule has 2 amide bonds. The molecule has 104 valence electrons. The van der Waals surface area contributed by atoms with Gasteiger partial charge < -0.3 is 15.4 Å². The number of amides is 2. The van der Waals surface area contributed by atoms with Crippen LogP contribution >= 0.6 is 11.6 Å². The van der Waals surface area contributed by atoms with E-state index in [2.05, 4.69) is 10.6 Å². The van der Waals surface area contributed by atoms with Gasteiger partial charge in [0.2, 0.25) is 0 Å². The zero-order valence-electron chi connectivity index (χ0n) is 10.6. The number of halogens is 2. The molecule has 0 spiro atoms. The smallest absolute Gasteiger partial charge is 0.319 e. The molecule has 1 aliphatic heterocycles. The summed E-state index contributed by atoms with van der Waals surface area (Å²) in [7, 11) is 0. The molecule has 1 heterocycles. The van der Waals surface area contributed by atoms with Gasteiger partial charge in [-0.05, 0) is 38.0 Å². The Morgan fingerprint density at radius 2 is 2.37 bits per heavy atom. The topological polar surface area (TPSA) is 50.4 Å². The van der Waals surface area contributed by atoms with Crippen molar-refractivity contribution in [2.24, 2.45) is 0 Å². The number of ether oxygens (including phenoxy) is 1. The second kappa shape index (κ2) is 6.21. The van der Waals surface area contributed by atoms with E-state index in [1.165, 1.54) is 12.1 Å². The van der Waals surface area contributed by atoms with Gasteiger partial charge in [-0.15, -0.1) is 0 Å². The van der Waals surface area contributed by atoms with Crippen molar-refractivity contribution in [2.75, 3.05) is 11.9 Å². The quantitative estimate of drug-likeness (QED) is 0.897. The van der Waals surface area contributed by atoms with Crippen molar-refractivity contribution < 1.29 is 13.9 Å². The van der Waals surface area contributed by atoms with Crippen LogP contribution in [0.2, 0.25) is 5.02 Å². The first-order valence-electron chi connectivity index (χ1n) is 6.20. The molecule has 0 aliphatic carbocycles. The van der Waals surface area contributed by atoms with Crippen LogP contribution in [0.3, 0.4) is 0 Å². The van der Waals surface area contributed by atoms with Crippen LogP contribution in [0.5, 0.6) is 0 Å². The fourth-order valence-corrected chi connectivity index (χ4v) is 2.20. The number of carbonyl (C=O) groups excluding carboxylic acids is 1. The highest BCUT2D eigenvalue weighted by Gasteiger charge is 2.23. The molecule has 2 atom stereocenters. The number of rotatable bonds is 3. The summed E-state index contributed by atoms with van der Waals surface area (Å²) in [5.41, 5.74) is 0.0986. The molecule has 2 rings (SSSR count). The Kier molecular flexibility index (Phi) is 4.61. The summed E-state index contributed by atoms with van der Waals surface area (Å²) in [4.78, 5) is 11.7. The minimum absolute atomic E-state index is 0.0285. The molecule has 1 saturated heterocycles. The molecule has 6 heteroatoms. The molecule has 0 radical (unpaired) electrons. The van der Waals surface area contributed by atoms with Gasteiger partial charge in [-0.3, -0.25) is 0 Å². The van der Waals surface area contributed by atoms with E-state index >= 15 is 0 Å². The average Bonchev–Trinajstić information content (AvgIpc) is 2.86. The first kappa shape index (κ1) is 14.1. The zero-order chi connectivity index (χ0) is 13.8. The summed E-state index contributed by atoms with van der Waals surface area (Å²) in [5, 5.41) is 5.48. The largest absolute Gasteiger partial charge is 0.376 e. The maximum Gasteiger partial charge on any atom is 0.319 e. The second-order valence-corrected chi connectivity index (χ2v) is 5.00. The molecule has 1 fully saturated rings. The molecule has 1 aromatic carbocycles. The first-order valence-corrected chi connectivity index (χ1v) is 6.58. The van der Waals surface area contributed by atoms with Crippen LogP contribution in [0.25, 0.3) is 0 Å². The molecular formula is C13H16ClFN2O2. The molecule has 0 saturated carbocycles. The average molecular weight is 287 g/mol. The van der Waals surface area contributed by atoms with Crippen molar-refractivity contribution >= 4 is 23.3 Å². The Balaban J connectivity index is 1.89. The minimum Gasteiger partial charge on any atom is -0.376 e. The normalized spacial score (nSPS) is 20.1. The third-order valence-corrected chi connectivity index (χ3v) is 3.30. The van der Waals surface area contributed by atoms with Crippen LogP contribution < -0.4 is 10.6 Å². The fraction of sp³-hybridized carbons (Fsp3) is 0.462. The Hall–Kier alpha value is -1.33. The molecule has 1 aliphatic rings. The number of hydrogen-bond acceptors (Lipinski definition) is 2. The van der Waals surface area contributed by atoms with E-state index in [4.69, 9.17) is 16.3 Å². The third kappa shape index (κ3) is 3.81. The highest BCUT2D eigenvalue weighted by Crippen LogP contribution is 2.19. The van der Waals surface area contributed by atoms with Crippen LogP contribution in [0.1, 0.15) is 19.8 Å². The Morgan fingerprint density at radius 1 is 1.58 bits per heavy atom. The highest BCUT2D eigenvalue weighted by molar-refractivity contribution is 6.30. The lowest BCUT2D eigenvalue weighted by Gasteiger charge is -2.20. The van der Waals surface area contributed by atoms with Crippen LogP contribution in [-0.4, -0.2) is 24.8 Å². The second-order valence-electron chi connectivity index (χ2n) is 4.56. The van der Waals surface area contributed by atoms with Gasteiger partial charge in [0.1, 0.15) is 5.82 Å². The number of benzene rings is 1. The van der Waals surface area contributed by atoms with Gasteiger partial charge in [0.05, 0.1) is 17.8 Å². The van der Waals surface area contributed by atoms with E-state index in [-0.39, 0.29) is 22.9 Å². The minimum atomic E-state index is -0.563. The molecule has 1 aromatic rings. The molecule has 2 N–H and O–H groups in total. The van der Waals surface area contributed by atoms with Crippen LogP contribution in [0.4, 0.5) is 14.9 Å². The Morgan fingerprint density at radius 3 is 3.00 bits per heavy atom. The standard InChI is InChI=1S/C13H16ClFN2O2/c1-8(12-3-2-6-19-12)16-13(18)17-11-5-4-9(14)7-10(11)15/h4-5,7-8,12H,2-3,6H2,1H3,(H2,16,17,18). The summed E-state index contributed by atoms with van der Waals surface area (Å²) >= 11 is 5.64. The number of carbonyl (C=O) groups is 1. The van der Waals surface area contributed by atoms with E-state index in [0.717, 1.165) is 25.5 Å². The summed E-state index contributed by atoms with van der Waals surface area (Å²) in [6, 6.07) is 3.53. The lowest BCUT2D eigenvalue weighted by molar-refractivity contribution is 0.0868. The highest BCUT2D eigenvalue weighted by atomic mass is 35.5. The number of urea groups is 1. The van der Waals surface area contributed by atoms with Gasteiger partial charge in [0.25, 0.3) is 0 Å². The van der Waals surface area contributed by atoms with E-state index in [0.29, 0.717) is 0 Å². The van der Waals surface area contributed by atoms with E-state index in [1.54, 1.807) is 0 Å². The van der Waals surface area contributed by atoms with Gasteiger partial charge in [-0.1, -0.05) is 11.6 Å². The van der Waals surface area contributed by atoms with Gasteiger partial charge in [-0.25, -0.2) is 9.18 Å². The molecular weight excluding hydrogens is 271 g/mol. The predicted molar refractivity (Wildman–Crippen MR) is 72.0 cm³/mol. The number of anilines is 1. The van der Waals surface area contributed by atoms with Crippen LogP contribution in [0.15, 0.2) is 18.2 Å². The maximum absolute atomic E-state index is 13.5. The molecule has 0 bridgehead atoms. The monoisotopic (exact) mass is 286 g/mol. The van der Waals surface area contributed by atoms with E-state index in [9.17, 15) is 9.18 Å². The summed E-state index contributed by atoms with van der Waals surface area (Å²) in [5.74, 6) is -0.563. The van der Waals surface area contributed by atoms with Crippen molar-refractivity contribution in [3.05, 3.63) is 29.0 Å². The van der Waals surface area contributed by atoms with Gasteiger partial charge in [0, 0.05) is 11.6 Å². The molecule has 0 aromatic heterocycles. The Labute approximate surface area is 116 Å². The van der Waals surface area contributed by atoms with Crippen molar-refractivity contribution in [2.45, 2.75) is 31.9 Å². The maximum atomic E-state index is 13.5. The van der Waals surface area contributed by atoms with Crippen molar-refractivity contribution in [3.8, 4) is 0 Å². The van der Waals surface area contributed by atoms with Crippen molar-refractivity contribution in [1.82, 2.24) is 5.32 Å². The molecule has 4 nitrogen and oxygen atoms in total. The van der Waals surface area contributed by atoms with Gasteiger partial charge >= 0.3 is 6.03 Å². The molecule has 19 heavy (non-hydrogen) atoms. The lowest BCUT2D eigenvalue weighted by Crippen LogP contribution is -2.43. The molecule has 2 unspecified atom stereocenters. The van der Waals surface area contributed by atoms with E-state index < -0.39 is 11.8 Å². The van der Waals surface area contributed by atoms with Crippen LogP contribution in [0, 0.1) is 5.82 Å². The summed E-state index contributed by atoms with van der Waals surface area (Å²) < 4.78 is 19.0. The fourth-order valence-electron chi connectivity index (χ4n) is 2.05. The first-order chi connectivity index (χ1) is 9.06. The lowest BCUT2D eigenvalue weighted by atomic mass is 10.1. The van der Waals surface area contributed by atoms with Crippen LogP contribution in [-0.2, 0) is 4.74 Å². The summed E-state index contributed by atoms with van der Waals surface area (Å²) in [6.07, 6.45) is 1.96. The summed E-state index contributed by atoms with van der Waals surface area (Å²) in [6.45, 7) is 2.60. The number of nitrogens with one attached hydrogen (secondary N) is 2.